The monoisotopic (exact) mass is 343 g/mol. The maximum atomic E-state index is 4.71. The van der Waals surface area contributed by atoms with Crippen molar-refractivity contribution in [2.24, 2.45) is 9.98 Å². The lowest BCUT2D eigenvalue weighted by molar-refractivity contribution is 1.04. The molecule has 0 bridgehead atoms. The molecule has 3 rings (SSSR count). The van der Waals surface area contributed by atoms with Crippen LogP contribution in [0, 0.1) is 0 Å². The van der Waals surface area contributed by atoms with Crippen molar-refractivity contribution in [1.82, 2.24) is 15.0 Å². The summed E-state index contributed by atoms with van der Waals surface area (Å²) in [6.45, 7) is 5.21. The molecular weight excluding hydrogens is 322 g/mol. The van der Waals surface area contributed by atoms with E-state index in [-0.39, 0.29) is 0 Å². The van der Waals surface area contributed by atoms with Crippen LogP contribution in [0.25, 0.3) is 0 Å². The molecule has 0 unspecified atom stereocenters. The normalized spacial score (nSPS) is 12.2. The standard InChI is InChI=1S/C21H21N5/c1-16(24-14-18-6-10-22-11-7-18)20-4-3-5-21(26-20)17(2)25-15-19-8-12-23-13-9-19/h3-13H,14-15H2,1-2H3. The Morgan fingerprint density at radius 1 is 0.692 bits per heavy atom. The Hall–Kier alpha value is -3.21. The SMILES string of the molecule is CC(=NCc1ccncc1)c1cccc(C(C)=NCc2ccncc2)n1. The minimum Gasteiger partial charge on any atom is -0.283 e. The lowest BCUT2D eigenvalue weighted by Gasteiger charge is -2.05. The van der Waals surface area contributed by atoms with Crippen molar-refractivity contribution < 1.29 is 0 Å². The van der Waals surface area contributed by atoms with Gasteiger partial charge in [0.2, 0.25) is 0 Å². The van der Waals surface area contributed by atoms with Gasteiger partial charge in [-0.2, -0.15) is 0 Å². The number of aliphatic imine (C=N–C) groups is 2. The van der Waals surface area contributed by atoms with Crippen molar-refractivity contribution in [2.45, 2.75) is 26.9 Å². The Kier molecular flexibility index (Phi) is 5.93. The first kappa shape index (κ1) is 17.6. The highest BCUT2D eigenvalue weighted by Gasteiger charge is 2.04. The van der Waals surface area contributed by atoms with Gasteiger partial charge in [-0.25, -0.2) is 4.98 Å². The molecule has 0 fully saturated rings. The lowest BCUT2D eigenvalue weighted by Crippen LogP contribution is -2.06. The van der Waals surface area contributed by atoms with Crippen molar-refractivity contribution in [2.75, 3.05) is 0 Å². The van der Waals surface area contributed by atoms with Gasteiger partial charge in [-0.15, -0.1) is 0 Å². The first-order valence-corrected chi connectivity index (χ1v) is 8.50. The molecule has 0 aliphatic rings. The van der Waals surface area contributed by atoms with Crippen LogP contribution in [0.3, 0.4) is 0 Å². The van der Waals surface area contributed by atoms with E-state index in [1.165, 1.54) is 0 Å². The molecular formula is C21H21N5. The Balaban J connectivity index is 1.72. The van der Waals surface area contributed by atoms with Gasteiger partial charge in [-0.3, -0.25) is 20.0 Å². The van der Waals surface area contributed by atoms with Crippen LogP contribution < -0.4 is 0 Å². The molecule has 26 heavy (non-hydrogen) atoms. The number of pyridine rings is 3. The van der Waals surface area contributed by atoms with Gasteiger partial charge in [0.1, 0.15) is 0 Å². The average molecular weight is 343 g/mol. The molecule has 0 radical (unpaired) electrons. The minimum absolute atomic E-state index is 0.620. The molecule has 0 amide bonds. The van der Waals surface area contributed by atoms with Crippen molar-refractivity contribution >= 4 is 11.4 Å². The Morgan fingerprint density at radius 2 is 1.12 bits per heavy atom. The zero-order chi connectivity index (χ0) is 18.2. The van der Waals surface area contributed by atoms with Crippen molar-refractivity contribution in [3.63, 3.8) is 0 Å². The summed E-state index contributed by atoms with van der Waals surface area (Å²) in [4.78, 5) is 22.0. The van der Waals surface area contributed by atoms with E-state index in [1.807, 2.05) is 56.3 Å². The maximum absolute atomic E-state index is 4.71. The zero-order valence-corrected chi connectivity index (χ0v) is 15.0. The Bertz CT molecular complexity index is 829. The molecule has 0 spiro atoms. The third-order valence-electron chi connectivity index (χ3n) is 3.99. The average Bonchev–Trinajstić information content (AvgIpc) is 2.72. The van der Waals surface area contributed by atoms with Crippen LogP contribution in [0.4, 0.5) is 0 Å². The molecule has 0 saturated carbocycles. The van der Waals surface area contributed by atoms with Crippen molar-refractivity contribution in [3.05, 3.63) is 89.8 Å². The summed E-state index contributed by atoms with van der Waals surface area (Å²) in [5.74, 6) is 0. The fourth-order valence-electron chi connectivity index (χ4n) is 2.40. The smallest absolute Gasteiger partial charge is 0.0845 e. The molecule has 0 aromatic carbocycles. The van der Waals surface area contributed by atoms with Gasteiger partial charge in [0.05, 0.1) is 35.9 Å². The molecule has 0 atom stereocenters. The fraction of sp³-hybridized carbons (Fsp3) is 0.190. The molecule has 0 aliphatic carbocycles. The highest BCUT2D eigenvalue weighted by molar-refractivity contribution is 6.00. The fourth-order valence-corrected chi connectivity index (χ4v) is 2.40. The van der Waals surface area contributed by atoms with E-state index in [0.717, 1.165) is 33.9 Å². The first-order valence-electron chi connectivity index (χ1n) is 8.50. The molecule has 3 heterocycles. The summed E-state index contributed by atoms with van der Waals surface area (Å²) in [5, 5.41) is 0. The quantitative estimate of drug-likeness (QED) is 0.638. The van der Waals surface area contributed by atoms with Crippen LogP contribution in [0.15, 0.2) is 77.2 Å². The highest BCUT2D eigenvalue weighted by Crippen LogP contribution is 2.07. The van der Waals surface area contributed by atoms with Gasteiger partial charge in [-0.1, -0.05) is 6.07 Å². The summed E-state index contributed by atoms with van der Waals surface area (Å²) in [6, 6.07) is 13.8. The third kappa shape index (κ3) is 4.89. The van der Waals surface area contributed by atoms with Crippen LogP contribution >= 0.6 is 0 Å². The van der Waals surface area contributed by atoms with Crippen LogP contribution in [0.2, 0.25) is 0 Å². The van der Waals surface area contributed by atoms with Gasteiger partial charge in [0, 0.05) is 24.8 Å². The topological polar surface area (TPSA) is 63.4 Å². The number of rotatable bonds is 6. The largest absolute Gasteiger partial charge is 0.283 e. The summed E-state index contributed by atoms with van der Waals surface area (Å²) >= 11 is 0. The number of aromatic nitrogens is 3. The summed E-state index contributed by atoms with van der Waals surface area (Å²) in [7, 11) is 0. The Morgan fingerprint density at radius 3 is 1.54 bits per heavy atom. The van der Waals surface area contributed by atoms with Crippen molar-refractivity contribution in [3.8, 4) is 0 Å². The van der Waals surface area contributed by atoms with Crippen LogP contribution in [0.1, 0.15) is 36.4 Å². The molecule has 3 aromatic heterocycles. The van der Waals surface area contributed by atoms with Gasteiger partial charge < -0.3 is 0 Å². The van der Waals surface area contributed by atoms with Crippen molar-refractivity contribution in [1.29, 1.82) is 0 Å². The van der Waals surface area contributed by atoms with Gasteiger partial charge in [0.15, 0.2) is 0 Å². The zero-order valence-electron chi connectivity index (χ0n) is 15.0. The second-order valence-electron chi connectivity index (χ2n) is 5.92. The summed E-state index contributed by atoms with van der Waals surface area (Å²) in [6.07, 6.45) is 7.12. The molecule has 3 aromatic rings. The van der Waals surface area contributed by atoms with E-state index in [9.17, 15) is 0 Å². The predicted octanol–water partition coefficient (Wildman–Crippen LogP) is 3.89. The minimum atomic E-state index is 0.620. The first-order chi connectivity index (χ1) is 12.7. The van der Waals surface area contributed by atoms with E-state index >= 15 is 0 Å². The molecule has 130 valence electrons. The van der Waals surface area contributed by atoms with E-state index in [4.69, 9.17) is 4.98 Å². The molecule has 0 aliphatic heterocycles. The molecule has 0 saturated heterocycles. The summed E-state index contributed by atoms with van der Waals surface area (Å²) < 4.78 is 0. The lowest BCUT2D eigenvalue weighted by atomic mass is 10.2. The van der Waals surface area contributed by atoms with Gasteiger partial charge in [0.25, 0.3) is 0 Å². The van der Waals surface area contributed by atoms with Gasteiger partial charge >= 0.3 is 0 Å². The Labute approximate surface area is 153 Å². The highest BCUT2D eigenvalue weighted by atomic mass is 14.8. The molecule has 5 heteroatoms. The molecule has 5 nitrogen and oxygen atoms in total. The second-order valence-corrected chi connectivity index (χ2v) is 5.92. The summed E-state index contributed by atoms with van der Waals surface area (Å²) in [5.41, 5.74) is 5.82. The van der Waals surface area contributed by atoms with Gasteiger partial charge in [-0.05, 0) is 61.4 Å². The number of hydrogen-bond acceptors (Lipinski definition) is 5. The van der Waals surface area contributed by atoms with E-state index < -0.39 is 0 Å². The van der Waals surface area contributed by atoms with E-state index in [0.29, 0.717) is 13.1 Å². The van der Waals surface area contributed by atoms with Crippen LogP contribution in [-0.2, 0) is 13.1 Å². The van der Waals surface area contributed by atoms with E-state index in [2.05, 4.69) is 20.0 Å². The van der Waals surface area contributed by atoms with E-state index in [1.54, 1.807) is 24.8 Å². The second kappa shape index (κ2) is 8.76. The van der Waals surface area contributed by atoms with Crippen LogP contribution in [0.5, 0.6) is 0 Å². The molecule has 0 N–H and O–H groups in total. The number of hydrogen-bond donors (Lipinski definition) is 0. The van der Waals surface area contributed by atoms with Crippen LogP contribution in [-0.4, -0.2) is 26.4 Å². The predicted molar refractivity (Wildman–Crippen MR) is 105 cm³/mol. The third-order valence-corrected chi connectivity index (χ3v) is 3.99. The maximum Gasteiger partial charge on any atom is 0.0845 e. The number of nitrogens with zero attached hydrogens (tertiary/aromatic N) is 5.